The summed E-state index contributed by atoms with van der Waals surface area (Å²) in [7, 11) is 0. The van der Waals surface area contributed by atoms with Gasteiger partial charge < -0.3 is 10.4 Å². The van der Waals surface area contributed by atoms with Gasteiger partial charge in [0.2, 0.25) is 0 Å². The molecule has 2 unspecified atom stereocenters. The molecule has 3 heteroatoms. The normalized spacial score (nSPS) is 14.6. The molecule has 0 bridgehead atoms. The first kappa shape index (κ1) is 14.5. The monoisotopic (exact) mass is 255 g/mol. The second-order valence-corrected chi connectivity index (χ2v) is 4.73. The van der Waals surface area contributed by atoms with Gasteiger partial charge in [0.25, 0.3) is 0 Å². The van der Waals surface area contributed by atoms with Crippen LogP contribution in [0, 0.1) is 0 Å². The molecule has 0 fully saturated rings. The van der Waals surface area contributed by atoms with E-state index in [1.54, 1.807) is 0 Å². The molecule has 2 N–H and O–H groups in total. The van der Waals surface area contributed by atoms with Crippen LogP contribution in [0.15, 0.2) is 24.3 Å². The van der Waals surface area contributed by atoms with E-state index in [1.165, 1.54) is 5.56 Å². The second-order valence-electron chi connectivity index (χ2n) is 4.30. The molecule has 1 rings (SSSR count). The molecule has 0 spiro atoms. The maximum atomic E-state index is 9.00. The Labute approximate surface area is 109 Å². The number of hydrogen-bond donors (Lipinski definition) is 2. The van der Waals surface area contributed by atoms with Crippen molar-refractivity contribution >= 4 is 11.6 Å². The Balaban J connectivity index is 2.67. The minimum atomic E-state index is 0.239. The number of aliphatic hydroxyl groups is 1. The average molecular weight is 256 g/mol. The van der Waals surface area contributed by atoms with E-state index in [2.05, 4.69) is 31.3 Å². The fourth-order valence-corrected chi connectivity index (χ4v) is 2.12. The lowest BCUT2D eigenvalue weighted by Crippen LogP contribution is -2.32. The van der Waals surface area contributed by atoms with E-state index in [0.29, 0.717) is 12.1 Å². The summed E-state index contributed by atoms with van der Waals surface area (Å²) >= 11 is 5.89. The third-order valence-corrected chi connectivity index (χ3v) is 3.34. The van der Waals surface area contributed by atoms with Gasteiger partial charge in [-0.2, -0.15) is 0 Å². The molecule has 0 amide bonds. The highest BCUT2D eigenvalue weighted by Crippen LogP contribution is 2.20. The summed E-state index contributed by atoms with van der Waals surface area (Å²) in [5.74, 6) is 0. The van der Waals surface area contributed by atoms with E-state index in [9.17, 15) is 0 Å². The highest BCUT2D eigenvalue weighted by molar-refractivity contribution is 6.30. The number of halogens is 1. The van der Waals surface area contributed by atoms with Crippen molar-refractivity contribution in [2.45, 2.75) is 45.2 Å². The van der Waals surface area contributed by atoms with Crippen LogP contribution in [0.1, 0.15) is 44.7 Å². The van der Waals surface area contributed by atoms with Crippen LogP contribution in [0.4, 0.5) is 0 Å². The molecule has 2 nitrogen and oxygen atoms in total. The maximum absolute atomic E-state index is 9.00. The lowest BCUT2D eigenvalue weighted by molar-refractivity contribution is 0.254. The zero-order valence-electron chi connectivity index (χ0n) is 10.6. The van der Waals surface area contributed by atoms with Crippen molar-refractivity contribution in [3.8, 4) is 0 Å². The standard InChI is InChI=1S/C14H22ClNO/c1-3-13(9-10-17)16-14(4-2)11-5-7-12(15)8-6-11/h5-8,13-14,16-17H,3-4,9-10H2,1-2H3. The highest BCUT2D eigenvalue weighted by Gasteiger charge is 2.13. The minimum absolute atomic E-state index is 0.239. The van der Waals surface area contributed by atoms with Crippen molar-refractivity contribution in [3.05, 3.63) is 34.9 Å². The first-order chi connectivity index (χ1) is 8.21. The highest BCUT2D eigenvalue weighted by atomic mass is 35.5. The summed E-state index contributed by atoms with van der Waals surface area (Å²) in [5, 5.41) is 13.4. The molecule has 1 aromatic rings. The van der Waals surface area contributed by atoms with Crippen LogP contribution in [0.3, 0.4) is 0 Å². The molecular weight excluding hydrogens is 234 g/mol. The van der Waals surface area contributed by atoms with Gasteiger partial charge in [0.1, 0.15) is 0 Å². The third kappa shape index (κ3) is 4.66. The number of rotatable bonds is 7. The van der Waals surface area contributed by atoms with Gasteiger partial charge in [0.15, 0.2) is 0 Å². The lowest BCUT2D eigenvalue weighted by atomic mass is 10.0. The Morgan fingerprint density at radius 2 is 1.82 bits per heavy atom. The molecule has 0 aromatic heterocycles. The summed E-state index contributed by atoms with van der Waals surface area (Å²) in [6, 6.07) is 8.69. The minimum Gasteiger partial charge on any atom is -0.396 e. The molecule has 0 heterocycles. The van der Waals surface area contributed by atoms with Gasteiger partial charge in [-0.25, -0.2) is 0 Å². The van der Waals surface area contributed by atoms with Crippen molar-refractivity contribution in [3.63, 3.8) is 0 Å². The second kappa shape index (κ2) is 7.70. The molecule has 0 saturated heterocycles. The van der Waals surface area contributed by atoms with Crippen molar-refractivity contribution < 1.29 is 5.11 Å². The van der Waals surface area contributed by atoms with Gasteiger partial charge in [-0.1, -0.05) is 37.6 Å². The molecule has 0 aliphatic rings. The number of aliphatic hydroxyl groups excluding tert-OH is 1. The van der Waals surface area contributed by atoms with E-state index >= 15 is 0 Å². The zero-order chi connectivity index (χ0) is 12.7. The first-order valence-electron chi connectivity index (χ1n) is 6.33. The van der Waals surface area contributed by atoms with Gasteiger partial charge in [-0.05, 0) is 37.0 Å². The summed E-state index contributed by atoms with van der Waals surface area (Å²) in [5.41, 5.74) is 1.26. The van der Waals surface area contributed by atoms with E-state index in [-0.39, 0.29) is 6.61 Å². The van der Waals surface area contributed by atoms with Crippen LogP contribution in [-0.4, -0.2) is 17.8 Å². The van der Waals surface area contributed by atoms with Gasteiger partial charge in [-0.15, -0.1) is 0 Å². The van der Waals surface area contributed by atoms with Gasteiger partial charge in [-0.3, -0.25) is 0 Å². The van der Waals surface area contributed by atoms with Crippen LogP contribution in [-0.2, 0) is 0 Å². The summed E-state index contributed by atoms with van der Waals surface area (Å²) in [6.45, 7) is 4.54. The zero-order valence-corrected chi connectivity index (χ0v) is 11.4. The van der Waals surface area contributed by atoms with Crippen LogP contribution >= 0.6 is 11.6 Å². The molecule has 17 heavy (non-hydrogen) atoms. The smallest absolute Gasteiger partial charge is 0.0445 e. The number of hydrogen-bond acceptors (Lipinski definition) is 2. The molecular formula is C14H22ClNO. The van der Waals surface area contributed by atoms with Crippen molar-refractivity contribution in [1.82, 2.24) is 5.32 Å². The molecule has 2 atom stereocenters. The fraction of sp³-hybridized carbons (Fsp3) is 0.571. The Bertz CT molecular complexity index is 313. The number of nitrogens with one attached hydrogen (secondary N) is 1. The van der Waals surface area contributed by atoms with Gasteiger partial charge in [0, 0.05) is 23.7 Å². The summed E-state index contributed by atoms with van der Waals surface area (Å²) in [6.07, 6.45) is 2.87. The third-order valence-electron chi connectivity index (χ3n) is 3.09. The SMILES string of the molecule is CCC(CCO)NC(CC)c1ccc(Cl)cc1. The Morgan fingerprint density at radius 3 is 2.29 bits per heavy atom. The topological polar surface area (TPSA) is 32.3 Å². The Kier molecular flexibility index (Phi) is 6.56. The molecule has 0 aliphatic carbocycles. The van der Waals surface area contributed by atoms with E-state index in [0.717, 1.165) is 24.3 Å². The quantitative estimate of drug-likeness (QED) is 0.781. The van der Waals surface area contributed by atoms with Gasteiger partial charge in [0.05, 0.1) is 0 Å². The van der Waals surface area contributed by atoms with Crippen LogP contribution in [0.5, 0.6) is 0 Å². The summed E-state index contributed by atoms with van der Waals surface area (Å²) in [4.78, 5) is 0. The molecule has 0 radical (unpaired) electrons. The van der Waals surface area contributed by atoms with Crippen molar-refractivity contribution in [2.24, 2.45) is 0 Å². The molecule has 0 aliphatic heterocycles. The first-order valence-corrected chi connectivity index (χ1v) is 6.71. The van der Waals surface area contributed by atoms with E-state index < -0.39 is 0 Å². The number of benzene rings is 1. The Hall–Kier alpha value is -0.570. The van der Waals surface area contributed by atoms with Crippen LogP contribution < -0.4 is 5.32 Å². The summed E-state index contributed by atoms with van der Waals surface area (Å²) < 4.78 is 0. The predicted molar refractivity (Wildman–Crippen MR) is 73.4 cm³/mol. The largest absolute Gasteiger partial charge is 0.396 e. The predicted octanol–water partition coefficient (Wildman–Crippen LogP) is 3.54. The fourth-order valence-electron chi connectivity index (χ4n) is 1.99. The Morgan fingerprint density at radius 1 is 1.18 bits per heavy atom. The molecule has 0 saturated carbocycles. The van der Waals surface area contributed by atoms with Crippen molar-refractivity contribution in [2.75, 3.05) is 6.61 Å². The van der Waals surface area contributed by atoms with Gasteiger partial charge >= 0.3 is 0 Å². The van der Waals surface area contributed by atoms with E-state index in [4.69, 9.17) is 16.7 Å². The molecule has 96 valence electrons. The van der Waals surface area contributed by atoms with Crippen molar-refractivity contribution in [1.29, 1.82) is 0 Å². The average Bonchev–Trinajstić information content (AvgIpc) is 2.36. The lowest BCUT2D eigenvalue weighted by Gasteiger charge is -2.24. The van der Waals surface area contributed by atoms with E-state index in [1.807, 2.05) is 12.1 Å². The maximum Gasteiger partial charge on any atom is 0.0445 e. The molecule has 1 aromatic carbocycles. The van der Waals surface area contributed by atoms with Crippen LogP contribution in [0.25, 0.3) is 0 Å². The van der Waals surface area contributed by atoms with Crippen LogP contribution in [0.2, 0.25) is 5.02 Å².